The molecule has 0 unspecified atom stereocenters. The van der Waals surface area contributed by atoms with Gasteiger partial charge in [-0.1, -0.05) is 0 Å². The predicted molar refractivity (Wildman–Crippen MR) is 91.8 cm³/mol. The van der Waals surface area contributed by atoms with Gasteiger partial charge in [-0.3, -0.25) is 0 Å². The molecule has 3 rings (SSSR count). The Morgan fingerprint density at radius 3 is 2.08 bits per heavy atom. The van der Waals surface area contributed by atoms with Gasteiger partial charge in [0.25, 0.3) is 0 Å². The van der Waals surface area contributed by atoms with Crippen LogP contribution in [0.15, 0.2) is 41.4 Å². The van der Waals surface area contributed by atoms with Crippen LogP contribution < -0.4 is 14.2 Å². The lowest BCUT2D eigenvalue weighted by atomic mass is 10.3. The SMILES string of the molecule is COc1cc(OC)cc(Oc2ccc(S(=O)(=O)N3CCCC3)cn2)c1. The molecule has 0 aliphatic carbocycles. The van der Waals surface area contributed by atoms with Crippen LogP contribution in [0.5, 0.6) is 23.1 Å². The molecule has 8 heteroatoms. The van der Waals surface area contributed by atoms with Crippen LogP contribution in [0.2, 0.25) is 0 Å². The van der Waals surface area contributed by atoms with Crippen molar-refractivity contribution in [3.8, 4) is 23.1 Å². The summed E-state index contributed by atoms with van der Waals surface area (Å²) < 4.78 is 42.5. The Kier molecular flexibility index (Phi) is 5.10. The van der Waals surface area contributed by atoms with Gasteiger partial charge in [0.1, 0.15) is 22.1 Å². The van der Waals surface area contributed by atoms with Crippen LogP contribution in [-0.2, 0) is 10.0 Å². The van der Waals surface area contributed by atoms with E-state index in [9.17, 15) is 8.42 Å². The molecule has 0 radical (unpaired) electrons. The summed E-state index contributed by atoms with van der Waals surface area (Å²) in [6, 6.07) is 8.16. The molecule has 7 nitrogen and oxygen atoms in total. The van der Waals surface area contributed by atoms with Crippen LogP contribution >= 0.6 is 0 Å². The third-order valence-corrected chi connectivity index (χ3v) is 5.84. The summed E-state index contributed by atoms with van der Waals surface area (Å²) in [5.41, 5.74) is 0. The van der Waals surface area contributed by atoms with Gasteiger partial charge in [-0.15, -0.1) is 0 Å². The molecular weight excluding hydrogens is 344 g/mol. The van der Waals surface area contributed by atoms with E-state index in [-0.39, 0.29) is 10.8 Å². The standard InChI is InChI=1S/C17H20N2O5S/c1-22-13-9-14(23-2)11-15(10-13)24-17-6-5-16(12-18-17)25(20,21)19-7-3-4-8-19/h5-6,9-12H,3-4,7-8H2,1-2H3. The molecule has 1 aromatic carbocycles. The number of benzene rings is 1. The Morgan fingerprint density at radius 2 is 1.56 bits per heavy atom. The van der Waals surface area contributed by atoms with Crippen molar-refractivity contribution in [2.75, 3.05) is 27.3 Å². The number of sulfonamides is 1. The quantitative estimate of drug-likeness (QED) is 0.784. The molecule has 134 valence electrons. The van der Waals surface area contributed by atoms with E-state index in [4.69, 9.17) is 14.2 Å². The molecule has 0 spiro atoms. The maximum Gasteiger partial charge on any atom is 0.244 e. The van der Waals surface area contributed by atoms with E-state index in [1.807, 2.05) is 0 Å². The largest absolute Gasteiger partial charge is 0.496 e. The Labute approximate surface area is 147 Å². The molecular formula is C17H20N2O5S. The lowest BCUT2D eigenvalue weighted by Crippen LogP contribution is -2.27. The van der Waals surface area contributed by atoms with Gasteiger partial charge >= 0.3 is 0 Å². The van der Waals surface area contributed by atoms with Crippen LogP contribution in [0.4, 0.5) is 0 Å². The third-order valence-electron chi connectivity index (χ3n) is 3.96. The number of hydrogen-bond acceptors (Lipinski definition) is 6. The Hall–Kier alpha value is -2.32. The van der Waals surface area contributed by atoms with Crippen molar-refractivity contribution in [3.05, 3.63) is 36.5 Å². The number of methoxy groups -OCH3 is 2. The fourth-order valence-corrected chi connectivity index (χ4v) is 4.08. The molecule has 1 aromatic heterocycles. The van der Waals surface area contributed by atoms with Crippen LogP contribution in [0.3, 0.4) is 0 Å². The maximum atomic E-state index is 12.5. The molecule has 2 aromatic rings. The molecule has 1 aliphatic rings. The molecule has 1 saturated heterocycles. The fraction of sp³-hybridized carbons (Fsp3) is 0.353. The first-order valence-corrected chi connectivity index (χ1v) is 9.34. The molecule has 0 bridgehead atoms. The van der Waals surface area contributed by atoms with Gasteiger partial charge in [0.05, 0.1) is 20.4 Å². The lowest BCUT2D eigenvalue weighted by Gasteiger charge is -2.15. The Morgan fingerprint density at radius 1 is 0.960 bits per heavy atom. The number of pyridine rings is 1. The van der Waals surface area contributed by atoms with Gasteiger partial charge in [0, 0.05) is 37.4 Å². The van der Waals surface area contributed by atoms with E-state index in [1.54, 1.807) is 32.4 Å². The van der Waals surface area contributed by atoms with Crippen LogP contribution in [0, 0.1) is 0 Å². The monoisotopic (exact) mass is 364 g/mol. The van der Waals surface area contributed by atoms with Crippen molar-refractivity contribution in [2.24, 2.45) is 0 Å². The normalized spacial score (nSPS) is 15.1. The van der Waals surface area contributed by atoms with Crippen molar-refractivity contribution in [1.29, 1.82) is 0 Å². The van der Waals surface area contributed by atoms with Crippen LogP contribution in [-0.4, -0.2) is 45.0 Å². The highest BCUT2D eigenvalue weighted by Crippen LogP contribution is 2.30. The summed E-state index contributed by atoms with van der Waals surface area (Å²) in [4.78, 5) is 4.28. The average Bonchev–Trinajstić information content (AvgIpc) is 3.17. The van der Waals surface area contributed by atoms with Gasteiger partial charge in [0.2, 0.25) is 15.9 Å². The summed E-state index contributed by atoms with van der Waals surface area (Å²) in [7, 11) is -0.374. The lowest BCUT2D eigenvalue weighted by molar-refractivity contribution is 0.385. The number of aromatic nitrogens is 1. The zero-order chi connectivity index (χ0) is 17.9. The second-order valence-corrected chi connectivity index (χ2v) is 7.53. The first-order valence-electron chi connectivity index (χ1n) is 7.90. The van der Waals surface area contributed by atoms with Crippen molar-refractivity contribution in [1.82, 2.24) is 9.29 Å². The zero-order valence-electron chi connectivity index (χ0n) is 14.1. The molecule has 1 aliphatic heterocycles. The predicted octanol–water partition coefficient (Wildman–Crippen LogP) is 2.68. The van der Waals surface area contributed by atoms with E-state index in [2.05, 4.69) is 4.98 Å². The van der Waals surface area contributed by atoms with Gasteiger partial charge in [-0.25, -0.2) is 13.4 Å². The first-order chi connectivity index (χ1) is 12.0. The molecule has 0 atom stereocenters. The summed E-state index contributed by atoms with van der Waals surface area (Å²) in [5, 5.41) is 0. The Bertz CT molecular complexity index is 808. The second kappa shape index (κ2) is 7.28. The summed E-state index contributed by atoms with van der Waals surface area (Å²) in [5.74, 6) is 1.94. The van der Waals surface area contributed by atoms with E-state index < -0.39 is 10.0 Å². The molecule has 0 N–H and O–H groups in total. The average molecular weight is 364 g/mol. The summed E-state index contributed by atoms with van der Waals surface area (Å²) in [6.07, 6.45) is 3.11. The molecule has 0 amide bonds. The highest BCUT2D eigenvalue weighted by Gasteiger charge is 2.27. The van der Waals surface area contributed by atoms with Crippen LogP contribution in [0.25, 0.3) is 0 Å². The van der Waals surface area contributed by atoms with Crippen LogP contribution in [0.1, 0.15) is 12.8 Å². The molecule has 25 heavy (non-hydrogen) atoms. The highest BCUT2D eigenvalue weighted by molar-refractivity contribution is 7.89. The van der Waals surface area contributed by atoms with E-state index in [0.717, 1.165) is 12.8 Å². The Balaban J connectivity index is 1.79. The van der Waals surface area contributed by atoms with E-state index in [1.165, 1.54) is 22.6 Å². The zero-order valence-corrected chi connectivity index (χ0v) is 15.0. The van der Waals surface area contributed by atoms with Crippen molar-refractivity contribution in [2.45, 2.75) is 17.7 Å². The van der Waals surface area contributed by atoms with E-state index >= 15 is 0 Å². The minimum atomic E-state index is -3.47. The van der Waals surface area contributed by atoms with Gasteiger partial charge in [-0.05, 0) is 18.9 Å². The van der Waals surface area contributed by atoms with Crippen molar-refractivity contribution < 1.29 is 22.6 Å². The van der Waals surface area contributed by atoms with Crippen molar-refractivity contribution in [3.63, 3.8) is 0 Å². The molecule has 1 fully saturated rings. The van der Waals surface area contributed by atoms with Gasteiger partial charge in [-0.2, -0.15) is 4.31 Å². The minimum Gasteiger partial charge on any atom is -0.496 e. The topological polar surface area (TPSA) is 78.0 Å². The smallest absolute Gasteiger partial charge is 0.244 e. The first kappa shape index (κ1) is 17.5. The fourth-order valence-electron chi connectivity index (χ4n) is 2.62. The summed E-state index contributed by atoms with van der Waals surface area (Å²) >= 11 is 0. The molecule has 2 heterocycles. The number of rotatable bonds is 6. The maximum absolute atomic E-state index is 12.5. The number of hydrogen-bond donors (Lipinski definition) is 0. The van der Waals surface area contributed by atoms with Crippen molar-refractivity contribution >= 4 is 10.0 Å². The number of nitrogens with zero attached hydrogens (tertiary/aromatic N) is 2. The number of ether oxygens (including phenoxy) is 3. The van der Waals surface area contributed by atoms with Gasteiger partial charge < -0.3 is 14.2 Å². The minimum absolute atomic E-state index is 0.171. The third kappa shape index (κ3) is 3.85. The van der Waals surface area contributed by atoms with E-state index in [0.29, 0.717) is 30.3 Å². The highest BCUT2D eigenvalue weighted by atomic mass is 32.2. The second-order valence-electron chi connectivity index (χ2n) is 5.59. The summed E-state index contributed by atoms with van der Waals surface area (Å²) in [6.45, 7) is 1.12. The molecule has 0 saturated carbocycles. The van der Waals surface area contributed by atoms with Gasteiger partial charge in [0.15, 0.2) is 0 Å².